The van der Waals surface area contributed by atoms with Crippen LogP contribution in [0, 0.1) is 0 Å². The van der Waals surface area contributed by atoms with Crippen molar-refractivity contribution >= 4 is 33.7 Å². The maximum Gasteiger partial charge on any atom is 0.367 e. The highest BCUT2D eigenvalue weighted by molar-refractivity contribution is 9.10. The van der Waals surface area contributed by atoms with Gasteiger partial charge in [-0.15, -0.1) is 0 Å². The molecule has 1 aromatic carbocycles. The number of oxime groups is 1. The van der Waals surface area contributed by atoms with Gasteiger partial charge in [0.15, 0.2) is 0 Å². The first-order valence-electron chi connectivity index (χ1n) is 5.52. The molecule has 1 aliphatic rings. The lowest BCUT2D eigenvalue weighted by molar-refractivity contribution is -0.136. The van der Waals surface area contributed by atoms with Gasteiger partial charge in [0.25, 0.3) is 0 Å². The molecule has 1 heterocycles. The van der Waals surface area contributed by atoms with Crippen LogP contribution in [0.4, 0.5) is 0 Å². The SMILES string of the molecule is CCOc1ccc(Br)cc1/C=C1/C(=O)ON=C1C. The molecule has 5 heteroatoms. The Kier molecular flexibility index (Phi) is 3.81. The number of carbonyl (C=O) groups excluding carboxylic acids is 1. The lowest BCUT2D eigenvalue weighted by atomic mass is 10.1. The molecular formula is C13H12BrNO3. The molecule has 0 aromatic heterocycles. The maximum absolute atomic E-state index is 11.5. The van der Waals surface area contributed by atoms with Crippen LogP contribution in [0.25, 0.3) is 6.08 Å². The third kappa shape index (κ3) is 2.61. The zero-order valence-electron chi connectivity index (χ0n) is 10.1. The molecular weight excluding hydrogens is 298 g/mol. The number of hydrogen-bond donors (Lipinski definition) is 0. The molecule has 2 rings (SSSR count). The summed E-state index contributed by atoms with van der Waals surface area (Å²) in [7, 11) is 0. The molecule has 0 amide bonds. The quantitative estimate of drug-likeness (QED) is 0.636. The highest BCUT2D eigenvalue weighted by Crippen LogP contribution is 2.27. The first-order chi connectivity index (χ1) is 8.61. The van der Waals surface area contributed by atoms with Crippen LogP contribution in [-0.4, -0.2) is 18.3 Å². The van der Waals surface area contributed by atoms with Gasteiger partial charge >= 0.3 is 5.97 Å². The van der Waals surface area contributed by atoms with Crippen molar-refractivity contribution < 1.29 is 14.4 Å². The van der Waals surface area contributed by atoms with E-state index >= 15 is 0 Å². The molecule has 0 saturated heterocycles. The number of carbonyl (C=O) groups is 1. The predicted molar refractivity (Wildman–Crippen MR) is 72.5 cm³/mol. The van der Waals surface area contributed by atoms with Crippen molar-refractivity contribution in [2.24, 2.45) is 5.16 Å². The second-order valence-corrected chi connectivity index (χ2v) is 4.64. The van der Waals surface area contributed by atoms with E-state index in [4.69, 9.17) is 4.74 Å². The van der Waals surface area contributed by atoms with Crippen LogP contribution in [0.1, 0.15) is 19.4 Å². The van der Waals surface area contributed by atoms with Gasteiger partial charge in [-0.2, -0.15) is 0 Å². The van der Waals surface area contributed by atoms with Gasteiger partial charge in [0.2, 0.25) is 0 Å². The Morgan fingerprint density at radius 3 is 2.89 bits per heavy atom. The van der Waals surface area contributed by atoms with E-state index in [0.717, 1.165) is 15.8 Å². The molecule has 1 aliphatic heterocycles. The Morgan fingerprint density at radius 2 is 2.28 bits per heavy atom. The van der Waals surface area contributed by atoms with Gasteiger partial charge in [0, 0.05) is 10.0 Å². The van der Waals surface area contributed by atoms with Crippen molar-refractivity contribution in [1.82, 2.24) is 0 Å². The fourth-order valence-electron chi connectivity index (χ4n) is 1.59. The molecule has 4 nitrogen and oxygen atoms in total. The van der Waals surface area contributed by atoms with Gasteiger partial charge in [0.1, 0.15) is 5.75 Å². The van der Waals surface area contributed by atoms with E-state index in [1.807, 2.05) is 25.1 Å². The highest BCUT2D eigenvalue weighted by Gasteiger charge is 2.22. The summed E-state index contributed by atoms with van der Waals surface area (Å²) in [6, 6.07) is 5.63. The van der Waals surface area contributed by atoms with Crippen LogP contribution in [0.3, 0.4) is 0 Å². The lowest BCUT2D eigenvalue weighted by Gasteiger charge is -2.08. The number of hydrogen-bond acceptors (Lipinski definition) is 4. The Bertz CT molecular complexity index is 549. The summed E-state index contributed by atoms with van der Waals surface area (Å²) in [6.07, 6.45) is 1.73. The van der Waals surface area contributed by atoms with E-state index in [1.54, 1.807) is 13.0 Å². The van der Waals surface area contributed by atoms with Gasteiger partial charge in [-0.3, -0.25) is 0 Å². The van der Waals surface area contributed by atoms with Crippen LogP contribution in [0.5, 0.6) is 5.75 Å². The van der Waals surface area contributed by atoms with Crippen molar-refractivity contribution in [1.29, 1.82) is 0 Å². The molecule has 0 radical (unpaired) electrons. The fourth-order valence-corrected chi connectivity index (χ4v) is 1.97. The minimum absolute atomic E-state index is 0.435. The highest BCUT2D eigenvalue weighted by atomic mass is 79.9. The molecule has 0 fully saturated rings. The van der Waals surface area contributed by atoms with Gasteiger partial charge in [0.05, 0.1) is 17.9 Å². The molecule has 0 atom stereocenters. The number of halogens is 1. The largest absolute Gasteiger partial charge is 0.493 e. The number of benzene rings is 1. The van der Waals surface area contributed by atoms with E-state index in [1.165, 1.54) is 0 Å². The Labute approximate surface area is 113 Å². The van der Waals surface area contributed by atoms with Crippen LogP contribution < -0.4 is 4.74 Å². The summed E-state index contributed by atoms with van der Waals surface area (Å²) in [4.78, 5) is 16.1. The second kappa shape index (κ2) is 5.35. The van der Waals surface area contributed by atoms with E-state index in [0.29, 0.717) is 17.9 Å². The van der Waals surface area contributed by atoms with Crippen molar-refractivity contribution in [2.75, 3.05) is 6.61 Å². The summed E-state index contributed by atoms with van der Waals surface area (Å²) in [6.45, 7) is 4.21. The van der Waals surface area contributed by atoms with E-state index in [-0.39, 0.29) is 0 Å². The van der Waals surface area contributed by atoms with E-state index in [2.05, 4.69) is 25.9 Å². The first kappa shape index (κ1) is 12.8. The monoisotopic (exact) mass is 309 g/mol. The molecule has 0 N–H and O–H groups in total. The number of nitrogens with zero attached hydrogens (tertiary/aromatic N) is 1. The second-order valence-electron chi connectivity index (χ2n) is 3.73. The normalized spacial score (nSPS) is 16.7. The zero-order valence-corrected chi connectivity index (χ0v) is 11.7. The van der Waals surface area contributed by atoms with Crippen LogP contribution in [-0.2, 0) is 9.63 Å². The van der Waals surface area contributed by atoms with Crippen molar-refractivity contribution in [3.8, 4) is 5.75 Å². The van der Waals surface area contributed by atoms with Gasteiger partial charge in [-0.25, -0.2) is 4.79 Å². The third-order valence-corrected chi connectivity index (χ3v) is 2.94. The summed E-state index contributed by atoms with van der Waals surface area (Å²) in [5.41, 5.74) is 1.84. The molecule has 94 valence electrons. The average molecular weight is 310 g/mol. The lowest BCUT2D eigenvalue weighted by Crippen LogP contribution is -2.02. The van der Waals surface area contributed by atoms with E-state index < -0.39 is 5.97 Å². The van der Waals surface area contributed by atoms with Crippen LogP contribution >= 0.6 is 15.9 Å². The Balaban J connectivity index is 2.44. The fraction of sp³-hybridized carbons (Fsp3) is 0.231. The summed E-state index contributed by atoms with van der Waals surface area (Å²) < 4.78 is 6.43. The molecule has 1 aromatic rings. The van der Waals surface area contributed by atoms with Crippen molar-refractivity contribution in [3.05, 3.63) is 33.8 Å². The molecule has 0 aliphatic carbocycles. The van der Waals surface area contributed by atoms with E-state index in [9.17, 15) is 4.79 Å². The number of ether oxygens (including phenoxy) is 1. The first-order valence-corrected chi connectivity index (χ1v) is 6.31. The van der Waals surface area contributed by atoms with Crippen molar-refractivity contribution in [2.45, 2.75) is 13.8 Å². The third-order valence-electron chi connectivity index (χ3n) is 2.45. The Morgan fingerprint density at radius 1 is 1.50 bits per heavy atom. The molecule has 0 spiro atoms. The molecule has 0 bridgehead atoms. The summed E-state index contributed by atoms with van der Waals surface area (Å²) >= 11 is 3.40. The average Bonchev–Trinajstić information content (AvgIpc) is 2.64. The summed E-state index contributed by atoms with van der Waals surface area (Å²) in [5.74, 6) is 0.288. The van der Waals surface area contributed by atoms with Crippen LogP contribution in [0.2, 0.25) is 0 Å². The summed E-state index contributed by atoms with van der Waals surface area (Å²) in [5, 5.41) is 3.64. The van der Waals surface area contributed by atoms with Crippen molar-refractivity contribution in [3.63, 3.8) is 0 Å². The maximum atomic E-state index is 11.5. The topological polar surface area (TPSA) is 47.9 Å². The van der Waals surface area contributed by atoms with Gasteiger partial charge < -0.3 is 9.57 Å². The molecule has 18 heavy (non-hydrogen) atoms. The molecule has 0 unspecified atom stereocenters. The minimum atomic E-state index is -0.435. The van der Waals surface area contributed by atoms with Gasteiger partial charge in [-0.05, 0) is 38.1 Å². The standard InChI is InChI=1S/C13H12BrNO3/c1-3-17-12-5-4-10(14)6-9(12)7-11-8(2)15-18-13(11)16/h4-7H,3H2,1-2H3/b11-7+. The number of rotatable bonds is 3. The molecule has 0 saturated carbocycles. The van der Waals surface area contributed by atoms with Crippen LogP contribution in [0.15, 0.2) is 33.4 Å². The Hall–Kier alpha value is -1.62. The smallest absolute Gasteiger partial charge is 0.367 e. The minimum Gasteiger partial charge on any atom is -0.493 e. The zero-order chi connectivity index (χ0) is 13.1. The van der Waals surface area contributed by atoms with Gasteiger partial charge in [-0.1, -0.05) is 21.1 Å². The predicted octanol–water partition coefficient (Wildman–Crippen LogP) is 3.16.